The fraction of sp³-hybridized carbons (Fsp3) is 0.625. The number of nitrogens with one attached hydrogen (secondary N) is 1. The van der Waals surface area contributed by atoms with Gasteiger partial charge in [-0.25, -0.2) is 8.42 Å². The van der Waals surface area contributed by atoms with Gasteiger partial charge in [-0.05, 0) is 18.4 Å². The Morgan fingerprint density at radius 1 is 1.24 bits per heavy atom. The molecule has 0 fully saturated rings. The lowest BCUT2D eigenvalue weighted by Crippen LogP contribution is -2.40. The Kier molecular flexibility index (Phi) is 7.35. The zero-order valence-corrected chi connectivity index (χ0v) is 14.1. The van der Waals surface area contributed by atoms with Crippen molar-refractivity contribution in [2.75, 3.05) is 38.8 Å². The van der Waals surface area contributed by atoms with Crippen LogP contribution in [-0.4, -0.2) is 47.2 Å². The molecule has 120 valence electrons. The molecule has 0 aliphatic heterocycles. The van der Waals surface area contributed by atoms with Crippen LogP contribution < -0.4 is 5.32 Å². The molecule has 0 spiro atoms. The van der Waals surface area contributed by atoms with Gasteiger partial charge in [0.1, 0.15) is 9.84 Å². The van der Waals surface area contributed by atoms with E-state index in [-0.39, 0.29) is 11.2 Å². The SMILES string of the molecule is CCC(CCS(C)(=O)=O)(CNCCOC)c1ccccc1. The molecule has 1 unspecified atom stereocenters. The maximum absolute atomic E-state index is 11.6. The summed E-state index contributed by atoms with van der Waals surface area (Å²) in [4.78, 5) is 0. The highest BCUT2D eigenvalue weighted by atomic mass is 32.2. The van der Waals surface area contributed by atoms with Crippen molar-refractivity contribution in [3.8, 4) is 0 Å². The van der Waals surface area contributed by atoms with Crippen molar-refractivity contribution in [1.82, 2.24) is 5.32 Å². The molecule has 0 aliphatic rings. The summed E-state index contributed by atoms with van der Waals surface area (Å²) in [7, 11) is -1.29. The van der Waals surface area contributed by atoms with Gasteiger partial charge >= 0.3 is 0 Å². The summed E-state index contributed by atoms with van der Waals surface area (Å²) in [6, 6.07) is 10.2. The zero-order chi connectivity index (χ0) is 15.8. The van der Waals surface area contributed by atoms with Crippen molar-refractivity contribution in [3.05, 3.63) is 35.9 Å². The molecule has 0 saturated carbocycles. The van der Waals surface area contributed by atoms with Crippen LogP contribution in [0.2, 0.25) is 0 Å². The third-order valence-corrected chi connectivity index (χ3v) is 4.91. The highest BCUT2D eigenvalue weighted by Gasteiger charge is 2.30. The third kappa shape index (κ3) is 6.16. The minimum atomic E-state index is -2.96. The van der Waals surface area contributed by atoms with Crippen molar-refractivity contribution in [2.24, 2.45) is 0 Å². The Hall–Kier alpha value is -0.910. The molecular formula is C16H27NO3S. The monoisotopic (exact) mass is 313 g/mol. The van der Waals surface area contributed by atoms with Gasteiger partial charge in [-0.15, -0.1) is 0 Å². The lowest BCUT2D eigenvalue weighted by molar-refractivity contribution is 0.195. The number of hydrogen-bond donors (Lipinski definition) is 1. The Bertz CT molecular complexity index is 502. The van der Waals surface area contributed by atoms with E-state index in [1.54, 1.807) is 7.11 Å². The molecule has 1 atom stereocenters. The first-order valence-corrected chi connectivity index (χ1v) is 9.42. The zero-order valence-electron chi connectivity index (χ0n) is 13.3. The van der Waals surface area contributed by atoms with Crippen LogP contribution in [0.3, 0.4) is 0 Å². The molecule has 5 heteroatoms. The summed E-state index contributed by atoms with van der Waals surface area (Å²) >= 11 is 0. The van der Waals surface area contributed by atoms with E-state index in [0.717, 1.165) is 19.5 Å². The van der Waals surface area contributed by atoms with Gasteiger partial charge in [0, 0.05) is 31.9 Å². The predicted octanol–water partition coefficient (Wildman–Crippen LogP) is 2.01. The number of benzene rings is 1. The van der Waals surface area contributed by atoms with Crippen LogP contribution in [0.4, 0.5) is 0 Å². The van der Waals surface area contributed by atoms with Crippen LogP contribution in [-0.2, 0) is 20.0 Å². The van der Waals surface area contributed by atoms with Crippen molar-refractivity contribution >= 4 is 9.84 Å². The molecule has 1 aromatic carbocycles. The lowest BCUT2D eigenvalue weighted by Gasteiger charge is -2.34. The molecule has 1 rings (SSSR count). The molecule has 0 radical (unpaired) electrons. The molecule has 0 bridgehead atoms. The van der Waals surface area contributed by atoms with Crippen molar-refractivity contribution < 1.29 is 13.2 Å². The fourth-order valence-electron chi connectivity index (χ4n) is 2.52. The van der Waals surface area contributed by atoms with E-state index in [4.69, 9.17) is 4.74 Å². The van der Waals surface area contributed by atoms with E-state index in [2.05, 4.69) is 24.4 Å². The summed E-state index contributed by atoms with van der Waals surface area (Å²) in [5.41, 5.74) is 1.04. The van der Waals surface area contributed by atoms with Gasteiger partial charge < -0.3 is 10.1 Å². The van der Waals surface area contributed by atoms with Gasteiger partial charge in [0.2, 0.25) is 0 Å². The molecular weight excluding hydrogens is 286 g/mol. The lowest BCUT2D eigenvalue weighted by atomic mass is 9.75. The van der Waals surface area contributed by atoms with Gasteiger partial charge in [0.15, 0.2) is 0 Å². The first-order valence-electron chi connectivity index (χ1n) is 7.36. The molecule has 0 aromatic heterocycles. The van der Waals surface area contributed by atoms with E-state index < -0.39 is 9.84 Å². The number of hydrogen-bond acceptors (Lipinski definition) is 4. The van der Waals surface area contributed by atoms with Crippen molar-refractivity contribution in [1.29, 1.82) is 0 Å². The second-order valence-corrected chi connectivity index (χ2v) is 7.81. The Morgan fingerprint density at radius 2 is 1.90 bits per heavy atom. The van der Waals surface area contributed by atoms with Gasteiger partial charge in [-0.2, -0.15) is 0 Å². The number of methoxy groups -OCH3 is 1. The number of sulfone groups is 1. The number of ether oxygens (including phenoxy) is 1. The second kappa shape index (κ2) is 8.51. The van der Waals surface area contributed by atoms with Crippen molar-refractivity contribution in [3.63, 3.8) is 0 Å². The van der Waals surface area contributed by atoms with Crippen LogP contribution >= 0.6 is 0 Å². The Balaban J connectivity index is 2.90. The highest BCUT2D eigenvalue weighted by Crippen LogP contribution is 2.31. The minimum Gasteiger partial charge on any atom is -0.383 e. The van der Waals surface area contributed by atoms with Gasteiger partial charge in [-0.3, -0.25) is 0 Å². The van der Waals surface area contributed by atoms with Crippen LogP contribution in [0.1, 0.15) is 25.3 Å². The Labute approximate surface area is 128 Å². The van der Waals surface area contributed by atoms with Crippen LogP contribution in [0, 0.1) is 0 Å². The molecule has 21 heavy (non-hydrogen) atoms. The average molecular weight is 313 g/mol. The molecule has 4 nitrogen and oxygen atoms in total. The fourth-order valence-corrected chi connectivity index (χ4v) is 3.28. The molecule has 0 amide bonds. The Morgan fingerprint density at radius 3 is 2.43 bits per heavy atom. The summed E-state index contributed by atoms with van der Waals surface area (Å²) < 4.78 is 28.2. The first-order chi connectivity index (χ1) is 9.93. The maximum Gasteiger partial charge on any atom is 0.147 e. The van der Waals surface area contributed by atoms with E-state index in [0.29, 0.717) is 13.0 Å². The standard InChI is InChI=1S/C16H27NO3S/c1-4-16(10-13-21(3,18)19,14-17-11-12-20-2)15-8-6-5-7-9-15/h5-9,17H,4,10-14H2,1-3H3. The van der Waals surface area contributed by atoms with Crippen molar-refractivity contribution in [2.45, 2.75) is 25.2 Å². The highest BCUT2D eigenvalue weighted by molar-refractivity contribution is 7.90. The van der Waals surface area contributed by atoms with Gasteiger partial charge in [-0.1, -0.05) is 37.3 Å². The van der Waals surface area contributed by atoms with Gasteiger partial charge in [0.05, 0.1) is 12.4 Å². The molecule has 0 aliphatic carbocycles. The summed E-state index contributed by atoms with van der Waals surface area (Å²) in [6.45, 7) is 4.30. The van der Waals surface area contributed by atoms with E-state index >= 15 is 0 Å². The molecule has 0 heterocycles. The van der Waals surface area contributed by atoms with E-state index in [9.17, 15) is 8.42 Å². The maximum atomic E-state index is 11.6. The largest absolute Gasteiger partial charge is 0.383 e. The molecule has 1 N–H and O–H groups in total. The molecule has 0 saturated heterocycles. The predicted molar refractivity (Wildman–Crippen MR) is 87.5 cm³/mol. The summed E-state index contributed by atoms with van der Waals surface area (Å²) in [5, 5.41) is 3.39. The van der Waals surface area contributed by atoms with Crippen LogP contribution in [0.25, 0.3) is 0 Å². The average Bonchev–Trinajstić information content (AvgIpc) is 2.47. The summed E-state index contributed by atoms with van der Waals surface area (Å²) in [6.07, 6.45) is 2.83. The smallest absolute Gasteiger partial charge is 0.147 e. The topological polar surface area (TPSA) is 55.4 Å². The summed E-state index contributed by atoms with van der Waals surface area (Å²) in [5.74, 6) is 0.210. The first kappa shape index (κ1) is 18.1. The quantitative estimate of drug-likeness (QED) is 0.671. The minimum absolute atomic E-state index is 0.155. The third-order valence-electron chi connectivity index (χ3n) is 3.96. The number of rotatable bonds is 10. The van der Waals surface area contributed by atoms with Crippen LogP contribution in [0.15, 0.2) is 30.3 Å². The van der Waals surface area contributed by atoms with E-state index in [1.807, 2.05) is 18.2 Å². The van der Waals surface area contributed by atoms with Crippen LogP contribution in [0.5, 0.6) is 0 Å². The van der Waals surface area contributed by atoms with Gasteiger partial charge in [0.25, 0.3) is 0 Å². The second-order valence-electron chi connectivity index (χ2n) is 5.55. The van der Waals surface area contributed by atoms with E-state index in [1.165, 1.54) is 11.8 Å². The molecule has 1 aromatic rings. The normalized spacial score (nSPS) is 14.8.